The molecule has 2 heterocycles. The van der Waals surface area contributed by atoms with Crippen molar-refractivity contribution < 1.29 is 14.3 Å². The number of nitriles is 1. The van der Waals surface area contributed by atoms with Crippen LogP contribution in [0.25, 0.3) is 5.57 Å². The van der Waals surface area contributed by atoms with Gasteiger partial charge in [-0.2, -0.15) is 5.26 Å². The molecule has 216 valence electrons. The van der Waals surface area contributed by atoms with Gasteiger partial charge in [0.15, 0.2) is 0 Å². The predicted octanol–water partition coefficient (Wildman–Crippen LogP) is 7.03. The molecule has 2 amide bonds. The maximum Gasteiger partial charge on any atom is 0.410 e. The molecule has 2 aliphatic rings. The van der Waals surface area contributed by atoms with Crippen LogP contribution in [0.4, 0.5) is 4.79 Å². The second-order valence-electron chi connectivity index (χ2n) is 13.4. The van der Waals surface area contributed by atoms with Crippen LogP contribution in [-0.2, 0) is 10.3 Å². The van der Waals surface area contributed by atoms with Crippen molar-refractivity contribution in [3.05, 3.63) is 83.7 Å². The Bertz CT molecular complexity index is 1380. The van der Waals surface area contributed by atoms with Crippen molar-refractivity contribution in [3.63, 3.8) is 0 Å². The van der Waals surface area contributed by atoms with E-state index in [2.05, 4.69) is 48.4 Å². The molecule has 41 heavy (non-hydrogen) atoms. The second kappa shape index (κ2) is 11.2. The summed E-state index contributed by atoms with van der Waals surface area (Å²) >= 11 is 0. The van der Waals surface area contributed by atoms with Crippen LogP contribution in [0.1, 0.15) is 89.3 Å². The molecule has 0 saturated carbocycles. The van der Waals surface area contributed by atoms with Gasteiger partial charge in [-0.25, -0.2) is 4.79 Å². The summed E-state index contributed by atoms with van der Waals surface area (Å²) in [5.74, 6) is -0.146. The van der Waals surface area contributed by atoms with E-state index in [9.17, 15) is 14.9 Å². The zero-order valence-electron chi connectivity index (χ0n) is 25.3. The average molecular weight is 555 g/mol. The molecule has 4 rings (SSSR count). The number of carbonyl (C=O) groups excluding carboxylic acids is 2. The molecule has 1 aliphatic carbocycles. The molecule has 1 N–H and O–H groups in total. The number of ether oxygens (including phenoxy) is 1. The lowest BCUT2D eigenvalue weighted by Crippen LogP contribution is -2.55. The van der Waals surface area contributed by atoms with Gasteiger partial charge in [-0.1, -0.05) is 55.5 Å². The van der Waals surface area contributed by atoms with Gasteiger partial charge in [-0.3, -0.25) is 9.78 Å². The third-order valence-electron chi connectivity index (χ3n) is 8.24. The highest BCUT2D eigenvalue weighted by atomic mass is 16.6. The molecule has 0 spiro atoms. The molecule has 2 aromatic rings. The Morgan fingerprint density at radius 3 is 2.41 bits per heavy atom. The van der Waals surface area contributed by atoms with Crippen LogP contribution < -0.4 is 5.32 Å². The van der Waals surface area contributed by atoms with Gasteiger partial charge in [0.25, 0.3) is 5.91 Å². The Kier molecular flexibility index (Phi) is 8.18. The number of benzene rings is 1. The Morgan fingerprint density at radius 2 is 1.88 bits per heavy atom. The van der Waals surface area contributed by atoms with Gasteiger partial charge in [0.05, 0.1) is 22.7 Å². The fourth-order valence-electron chi connectivity index (χ4n) is 5.66. The van der Waals surface area contributed by atoms with Gasteiger partial charge < -0.3 is 15.0 Å². The van der Waals surface area contributed by atoms with Gasteiger partial charge in [-0.05, 0) is 71.2 Å². The van der Waals surface area contributed by atoms with Crippen molar-refractivity contribution >= 4 is 17.6 Å². The molecule has 1 aromatic heterocycles. The number of pyridine rings is 1. The van der Waals surface area contributed by atoms with Gasteiger partial charge in [0.1, 0.15) is 5.60 Å². The number of cyclic esters (lactones) is 1. The highest BCUT2D eigenvalue weighted by Gasteiger charge is 2.48. The second-order valence-corrected chi connectivity index (χ2v) is 13.4. The van der Waals surface area contributed by atoms with Crippen LogP contribution in [-0.4, -0.2) is 40.0 Å². The summed E-state index contributed by atoms with van der Waals surface area (Å²) in [4.78, 5) is 32.4. The number of rotatable bonds is 7. The number of nitrogens with one attached hydrogen (secondary N) is 1. The standard InChI is InChI=1S/C34H42N4O3/c1-24(38-20-19-34(41-30(38)40,22-32(5,6)23-35)27-11-9-8-10-12-27)33(7)17-15-25(16-18-33)28-14-13-26(21-36-28)29(39)37-31(2,3)4/h8-17,21,24H,18-20,22H2,1-7H3,(H,37,39)/t24-,33?,34-/m0/s1. The van der Waals surface area contributed by atoms with E-state index in [-0.39, 0.29) is 29.0 Å². The van der Waals surface area contributed by atoms with Crippen molar-refractivity contribution in [1.29, 1.82) is 5.26 Å². The first-order chi connectivity index (χ1) is 19.2. The van der Waals surface area contributed by atoms with Crippen LogP contribution in [0, 0.1) is 22.2 Å². The van der Waals surface area contributed by atoms with Crippen LogP contribution in [0.5, 0.6) is 0 Å². The molecule has 3 atom stereocenters. The molecular weight excluding hydrogens is 512 g/mol. The molecule has 7 heteroatoms. The predicted molar refractivity (Wildman–Crippen MR) is 161 cm³/mol. The Labute approximate surface area is 244 Å². The number of hydrogen-bond donors (Lipinski definition) is 1. The van der Waals surface area contributed by atoms with Crippen LogP contribution in [0.3, 0.4) is 0 Å². The van der Waals surface area contributed by atoms with Crippen molar-refractivity contribution in [1.82, 2.24) is 15.2 Å². The van der Waals surface area contributed by atoms with E-state index in [0.717, 1.165) is 23.3 Å². The minimum atomic E-state index is -0.841. The van der Waals surface area contributed by atoms with Gasteiger partial charge in [-0.15, -0.1) is 0 Å². The van der Waals surface area contributed by atoms with Crippen LogP contribution in [0.2, 0.25) is 0 Å². The Morgan fingerprint density at radius 1 is 1.17 bits per heavy atom. The number of nitrogens with zero attached hydrogens (tertiary/aromatic N) is 3. The van der Waals surface area contributed by atoms with Crippen molar-refractivity contribution in [2.45, 2.75) is 84.9 Å². The average Bonchev–Trinajstić information content (AvgIpc) is 2.93. The first kappa shape index (κ1) is 30.0. The molecule has 1 aliphatic heterocycles. The fraction of sp³-hybridized carbons (Fsp3) is 0.471. The number of carbonyl (C=O) groups is 2. The molecule has 1 fully saturated rings. The topological polar surface area (TPSA) is 95.3 Å². The number of allylic oxidation sites excluding steroid dienone is 3. The number of amides is 2. The number of hydrogen-bond acceptors (Lipinski definition) is 5. The zero-order valence-corrected chi connectivity index (χ0v) is 25.3. The minimum absolute atomic E-state index is 0.113. The lowest BCUT2D eigenvalue weighted by atomic mass is 9.73. The van der Waals surface area contributed by atoms with E-state index in [1.165, 1.54) is 0 Å². The fourth-order valence-corrected chi connectivity index (χ4v) is 5.66. The Balaban J connectivity index is 1.46. The zero-order chi connectivity index (χ0) is 30.1. The lowest BCUT2D eigenvalue weighted by Gasteiger charge is -2.48. The van der Waals surface area contributed by atoms with Crippen molar-refractivity contribution in [2.75, 3.05) is 6.54 Å². The van der Waals surface area contributed by atoms with Crippen LogP contribution >= 0.6 is 0 Å². The van der Waals surface area contributed by atoms with Gasteiger partial charge in [0.2, 0.25) is 0 Å². The summed E-state index contributed by atoms with van der Waals surface area (Å²) in [6, 6.07) is 15.7. The van der Waals surface area contributed by atoms with E-state index < -0.39 is 11.0 Å². The maximum atomic E-state index is 13.6. The largest absolute Gasteiger partial charge is 0.438 e. The monoisotopic (exact) mass is 554 g/mol. The first-order valence-electron chi connectivity index (χ1n) is 14.3. The maximum absolute atomic E-state index is 13.6. The molecular formula is C34H42N4O3. The third-order valence-corrected chi connectivity index (χ3v) is 8.24. The summed E-state index contributed by atoms with van der Waals surface area (Å²) in [5, 5.41) is 12.7. The van der Waals surface area contributed by atoms with Crippen LogP contribution in [0.15, 0.2) is 66.9 Å². The summed E-state index contributed by atoms with van der Waals surface area (Å²) < 4.78 is 6.27. The van der Waals surface area contributed by atoms with Gasteiger partial charge in [0, 0.05) is 42.6 Å². The summed E-state index contributed by atoms with van der Waals surface area (Å²) in [7, 11) is 0. The summed E-state index contributed by atoms with van der Waals surface area (Å²) in [5.41, 5.74) is 1.13. The molecule has 0 bridgehead atoms. The quantitative estimate of drug-likeness (QED) is 0.397. The van der Waals surface area contributed by atoms with Gasteiger partial charge >= 0.3 is 6.09 Å². The van der Waals surface area contributed by atoms with E-state index in [1.807, 2.05) is 75.9 Å². The highest BCUT2D eigenvalue weighted by Crippen LogP contribution is 2.45. The molecule has 0 radical (unpaired) electrons. The number of aromatic nitrogens is 1. The molecule has 1 aromatic carbocycles. The normalized spacial score (nSPS) is 23.7. The summed E-state index contributed by atoms with van der Waals surface area (Å²) in [6.45, 7) is 14.4. The Hall–Kier alpha value is -3.92. The summed E-state index contributed by atoms with van der Waals surface area (Å²) in [6.07, 6.45) is 9.38. The molecule has 1 unspecified atom stereocenters. The smallest absolute Gasteiger partial charge is 0.410 e. The van der Waals surface area contributed by atoms with E-state index in [4.69, 9.17) is 4.74 Å². The van der Waals surface area contributed by atoms with Crippen molar-refractivity contribution in [3.8, 4) is 6.07 Å². The molecule has 7 nitrogen and oxygen atoms in total. The molecule has 1 saturated heterocycles. The highest BCUT2D eigenvalue weighted by molar-refractivity contribution is 5.94. The van der Waals surface area contributed by atoms with E-state index in [1.54, 1.807) is 12.3 Å². The first-order valence-corrected chi connectivity index (χ1v) is 14.3. The van der Waals surface area contributed by atoms with E-state index >= 15 is 0 Å². The minimum Gasteiger partial charge on any atom is -0.438 e. The lowest BCUT2D eigenvalue weighted by molar-refractivity contribution is -0.0835. The van der Waals surface area contributed by atoms with Crippen molar-refractivity contribution in [2.24, 2.45) is 10.8 Å². The SMILES string of the molecule is C[C@H](N1CC[C@](CC(C)(C)C#N)(c2ccccc2)OC1=O)C1(C)C=CC(c2ccc(C(=O)NC(C)(C)C)cn2)=CC1. The van der Waals surface area contributed by atoms with E-state index in [0.29, 0.717) is 24.9 Å². The third kappa shape index (κ3) is 6.70.